The van der Waals surface area contributed by atoms with Crippen LogP contribution in [0, 0.1) is 0 Å². The highest BCUT2D eigenvalue weighted by Crippen LogP contribution is 2.24. The molecular formula is C23H27N5O3. The van der Waals surface area contributed by atoms with Gasteiger partial charge in [0.2, 0.25) is 17.8 Å². The molecule has 0 bridgehead atoms. The molecule has 2 heterocycles. The molecule has 2 aromatic carbocycles. The first-order valence-corrected chi connectivity index (χ1v) is 10.4. The van der Waals surface area contributed by atoms with E-state index in [1.165, 1.54) is 5.56 Å². The van der Waals surface area contributed by atoms with E-state index in [2.05, 4.69) is 32.7 Å². The molecule has 8 nitrogen and oxygen atoms in total. The summed E-state index contributed by atoms with van der Waals surface area (Å²) in [5.74, 6) is 0.530. The number of ether oxygens (including phenoxy) is 1. The summed E-state index contributed by atoms with van der Waals surface area (Å²) in [4.78, 5) is 34.0. The summed E-state index contributed by atoms with van der Waals surface area (Å²) in [6.45, 7) is 4.11. The van der Waals surface area contributed by atoms with Gasteiger partial charge in [-0.15, -0.1) is 0 Å². The van der Waals surface area contributed by atoms with Gasteiger partial charge in [-0.3, -0.25) is 19.8 Å². The molecule has 0 aromatic heterocycles. The third-order valence-electron chi connectivity index (χ3n) is 5.50. The lowest BCUT2D eigenvalue weighted by atomic mass is 10.1. The fourth-order valence-electron chi connectivity index (χ4n) is 3.81. The Labute approximate surface area is 181 Å². The molecule has 1 fully saturated rings. The van der Waals surface area contributed by atoms with E-state index in [1.54, 1.807) is 19.2 Å². The number of nitrogens with one attached hydrogen (secondary N) is 2. The van der Waals surface area contributed by atoms with E-state index in [0.29, 0.717) is 17.4 Å². The first-order chi connectivity index (χ1) is 15.1. The second kappa shape index (κ2) is 9.61. The average Bonchev–Trinajstić information content (AvgIpc) is 2.80. The molecule has 2 N–H and O–H groups in total. The summed E-state index contributed by atoms with van der Waals surface area (Å²) in [6.07, 6.45) is 0.0262. The fourth-order valence-corrected chi connectivity index (χ4v) is 3.81. The van der Waals surface area contributed by atoms with E-state index < -0.39 is 6.04 Å². The molecular weight excluding hydrogens is 394 g/mol. The van der Waals surface area contributed by atoms with Crippen LogP contribution in [-0.4, -0.2) is 66.9 Å². The first-order valence-electron chi connectivity index (χ1n) is 10.4. The molecule has 2 aromatic rings. The minimum atomic E-state index is -0.768. The number of carbonyl (C=O) groups is 2. The number of anilines is 1. The number of methoxy groups -OCH3 is 1. The molecule has 2 aliphatic heterocycles. The summed E-state index contributed by atoms with van der Waals surface area (Å²) in [5, 5.41) is 5.67. The number of benzene rings is 2. The number of piperazine rings is 1. The number of guanidine groups is 1. The predicted octanol–water partition coefficient (Wildman–Crippen LogP) is 1.70. The van der Waals surface area contributed by atoms with Crippen molar-refractivity contribution in [2.75, 3.05) is 38.6 Å². The standard InChI is InChI=1S/C23H27N5O3/c1-31-20-10-6-5-9-18(20)24-22(30)19-15-21(29)26-23(25-19)28-13-11-27(12-14-28)16-17-7-3-2-4-8-17/h2-10,19H,11-16H2,1H3,(H,24,30)(H,25,26,29)/t19-/m0/s1. The zero-order chi connectivity index (χ0) is 21.6. The van der Waals surface area contributed by atoms with Crippen molar-refractivity contribution in [3.05, 3.63) is 60.2 Å². The molecule has 4 rings (SSSR count). The van der Waals surface area contributed by atoms with Crippen molar-refractivity contribution in [2.24, 2.45) is 4.99 Å². The van der Waals surface area contributed by atoms with Crippen molar-refractivity contribution in [3.63, 3.8) is 0 Å². The van der Waals surface area contributed by atoms with Crippen molar-refractivity contribution in [3.8, 4) is 5.75 Å². The minimum absolute atomic E-state index is 0.0262. The number of aliphatic imine (C=N–C) groups is 1. The number of hydrogen-bond donors (Lipinski definition) is 2. The summed E-state index contributed by atoms with van der Waals surface area (Å²) >= 11 is 0. The second-order valence-corrected chi connectivity index (χ2v) is 7.66. The van der Waals surface area contributed by atoms with Crippen LogP contribution in [0.25, 0.3) is 0 Å². The molecule has 0 radical (unpaired) electrons. The Hall–Kier alpha value is -3.39. The third-order valence-corrected chi connectivity index (χ3v) is 5.50. The van der Waals surface area contributed by atoms with Gasteiger partial charge in [-0.1, -0.05) is 42.5 Å². The topological polar surface area (TPSA) is 86.3 Å². The lowest BCUT2D eigenvalue weighted by Crippen LogP contribution is -2.56. The molecule has 162 valence electrons. The van der Waals surface area contributed by atoms with Gasteiger partial charge in [-0.2, -0.15) is 0 Å². The Kier molecular flexibility index (Phi) is 6.47. The van der Waals surface area contributed by atoms with Gasteiger partial charge in [0, 0.05) is 32.7 Å². The minimum Gasteiger partial charge on any atom is -0.495 e. The lowest BCUT2D eigenvalue weighted by molar-refractivity contribution is -0.125. The summed E-state index contributed by atoms with van der Waals surface area (Å²) in [6, 6.07) is 16.8. The van der Waals surface area contributed by atoms with Crippen molar-refractivity contribution in [2.45, 2.75) is 19.0 Å². The zero-order valence-electron chi connectivity index (χ0n) is 17.6. The SMILES string of the molecule is COc1ccccc1NC(=O)[C@@H]1CC(=O)NC(N2CCN(Cc3ccccc3)CC2)=N1. The van der Waals surface area contributed by atoms with Gasteiger partial charge in [0.05, 0.1) is 19.2 Å². The molecule has 2 aliphatic rings. The van der Waals surface area contributed by atoms with Gasteiger partial charge < -0.3 is 15.0 Å². The second-order valence-electron chi connectivity index (χ2n) is 7.66. The number of hydrogen-bond acceptors (Lipinski definition) is 6. The molecule has 0 unspecified atom stereocenters. The van der Waals surface area contributed by atoms with Crippen molar-refractivity contribution < 1.29 is 14.3 Å². The summed E-state index contributed by atoms with van der Waals surface area (Å²) in [5.41, 5.74) is 1.85. The van der Waals surface area contributed by atoms with Crippen LogP contribution in [0.5, 0.6) is 5.75 Å². The summed E-state index contributed by atoms with van der Waals surface area (Å²) < 4.78 is 5.28. The largest absolute Gasteiger partial charge is 0.495 e. The fraction of sp³-hybridized carbons (Fsp3) is 0.348. The Bertz CT molecular complexity index is 955. The number of para-hydroxylation sites is 2. The monoisotopic (exact) mass is 421 g/mol. The van der Waals surface area contributed by atoms with Crippen LogP contribution in [0.3, 0.4) is 0 Å². The maximum atomic E-state index is 12.8. The van der Waals surface area contributed by atoms with E-state index in [1.807, 2.05) is 35.2 Å². The van der Waals surface area contributed by atoms with E-state index in [9.17, 15) is 9.59 Å². The molecule has 2 amide bonds. The van der Waals surface area contributed by atoms with Crippen molar-refractivity contribution in [1.29, 1.82) is 0 Å². The quantitative estimate of drug-likeness (QED) is 0.768. The van der Waals surface area contributed by atoms with Crippen LogP contribution in [0.15, 0.2) is 59.6 Å². The van der Waals surface area contributed by atoms with Gasteiger partial charge in [-0.05, 0) is 17.7 Å². The number of nitrogens with zero attached hydrogens (tertiary/aromatic N) is 3. The molecule has 1 atom stereocenters. The Morgan fingerprint density at radius 2 is 1.81 bits per heavy atom. The van der Waals surface area contributed by atoms with Crippen LogP contribution >= 0.6 is 0 Å². The lowest BCUT2D eigenvalue weighted by Gasteiger charge is -2.37. The Balaban J connectivity index is 1.38. The van der Waals surface area contributed by atoms with E-state index in [0.717, 1.165) is 32.7 Å². The average molecular weight is 422 g/mol. The number of amides is 2. The van der Waals surface area contributed by atoms with Crippen molar-refractivity contribution in [1.82, 2.24) is 15.1 Å². The Morgan fingerprint density at radius 1 is 1.10 bits per heavy atom. The maximum absolute atomic E-state index is 12.8. The summed E-state index contributed by atoms with van der Waals surface area (Å²) in [7, 11) is 1.55. The van der Waals surface area contributed by atoms with Gasteiger partial charge >= 0.3 is 0 Å². The van der Waals surface area contributed by atoms with Gasteiger partial charge in [0.25, 0.3) is 0 Å². The molecule has 0 spiro atoms. The highest BCUT2D eigenvalue weighted by atomic mass is 16.5. The van der Waals surface area contributed by atoms with E-state index in [4.69, 9.17) is 4.74 Å². The highest BCUT2D eigenvalue weighted by Gasteiger charge is 2.31. The highest BCUT2D eigenvalue weighted by molar-refractivity contribution is 6.06. The van der Waals surface area contributed by atoms with Gasteiger partial charge in [-0.25, -0.2) is 4.99 Å². The molecule has 31 heavy (non-hydrogen) atoms. The van der Waals surface area contributed by atoms with Crippen LogP contribution in [0.4, 0.5) is 5.69 Å². The van der Waals surface area contributed by atoms with Crippen LogP contribution in [0.1, 0.15) is 12.0 Å². The maximum Gasteiger partial charge on any atom is 0.249 e. The molecule has 0 saturated carbocycles. The number of rotatable bonds is 5. The normalized spacial score (nSPS) is 19.4. The van der Waals surface area contributed by atoms with Gasteiger partial charge in [0.1, 0.15) is 11.8 Å². The third kappa shape index (κ3) is 5.21. The molecule has 1 saturated heterocycles. The van der Waals surface area contributed by atoms with Gasteiger partial charge in [0.15, 0.2) is 0 Å². The Morgan fingerprint density at radius 3 is 2.55 bits per heavy atom. The molecule has 0 aliphatic carbocycles. The van der Waals surface area contributed by atoms with E-state index >= 15 is 0 Å². The van der Waals surface area contributed by atoms with Crippen LogP contribution < -0.4 is 15.4 Å². The zero-order valence-corrected chi connectivity index (χ0v) is 17.6. The first kappa shape index (κ1) is 20.9. The van der Waals surface area contributed by atoms with Crippen LogP contribution in [0.2, 0.25) is 0 Å². The van der Waals surface area contributed by atoms with Crippen LogP contribution in [-0.2, 0) is 16.1 Å². The molecule has 8 heteroatoms. The number of carbonyl (C=O) groups excluding carboxylic acids is 2. The van der Waals surface area contributed by atoms with Crippen molar-refractivity contribution >= 4 is 23.5 Å². The smallest absolute Gasteiger partial charge is 0.249 e. The predicted molar refractivity (Wildman–Crippen MR) is 119 cm³/mol. The van der Waals surface area contributed by atoms with E-state index in [-0.39, 0.29) is 18.2 Å².